The van der Waals surface area contributed by atoms with E-state index in [1.807, 2.05) is 18.5 Å². The van der Waals surface area contributed by atoms with Crippen LogP contribution in [0.15, 0.2) is 59.3 Å². The fraction of sp³-hybridized carbons (Fsp3) is 0.348. The van der Waals surface area contributed by atoms with Crippen molar-refractivity contribution in [2.75, 3.05) is 7.11 Å². The molecular formula is C23H27BrN2O. The molecule has 0 saturated heterocycles. The highest BCUT2D eigenvalue weighted by Crippen LogP contribution is 2.26. The van der Waals surface area contributed by atoms with Crippen molar-refractivity contribution in [3.05, 3.63) is 70.6 Å². The van der Waals surface area contributed by atoms with Gasteiger partial charge in [0.25, 0.3) is 0 Å². The van der Waals surface area contributed by atoms with E-state index < -0.39 is 0 Å². The molecule has 0 N–H and O–H groups in total. The minimum absolute atomic E-state index is 0.908. The fourth-order valence-electron chi connectivity index (χ4n) is 3.40. The Labute approximate surface area is 170 Å². The molecule has 4 heteroatoms. The lowest BCUT2D eigenvalue weighted by atomic mass is 10.1. The number of halogens is 1. The van der Waals surface area contributed by atoms with E-state index in [-0.39, 0.29) is 0 Å². The van der Waals surface area contributed by atoms with Gasteiger partial charge < -0.3 is 9.30 Å². The standard InChI is InChI=1S/C23H27BrN2O/c1-3-4-5-9-21-23(19-11-13-20(24)14-12-19)25-17-26(21)16-15-18-8-6-7-10-22(18)27-2/h6-8,10-14,17H,3-5,9,15-16H2,1-2H3. The van der Waals surface area contributed by atoms with Crippen LogP contribution in [-0.2, 0) is 19.4 Å². The molecule has 142 valence electrons. The van der Waals surface area contributed by atoms with Gasteiger partial charge in [-0.2, -0.15) is 0 Å². The van der Waals surface area contributed by atoms with E-state index in [0.717, 1.165) is 35.3 Å². The van der Waals surface area contributed by atoms with Crippen LogP contribution >= 0.6 is 15.9 Å². The van der Waals surface area contributed by atoms with Gasteiger partial charge in [-0.15, -0.1) is 0 Å². The molecule has 0 atom stereocenters. The fourth-order valence-corrected chi connectivity index (χ4v) is 3.67. The maximum Gasteiger partial charge on any atom is 0.122 e. The third-order valence-corrected chi connectivity index (χ3v) is 5.42. The van der Waals surface area contributed by atoms with Gasteiger partial charge in [-0.1, -0.05) is 66.0 Å². The summed E-state index contributed by atoms with van der Waals surface area (Å²) in [6.07, 6.45) is 7.65. The number of aromatic nitrogens is 2. The maximum atomic E-state index is 5.50. The first kappa shape index (κ1) is 19.7. The number of nitrogens with zero attached hydrogens (tertiary/aromatic N) is 2. The van der Waals surface area contributed by atoms with E-state index >= 15 is 0 Å². The van der Waals surface area contributed by atoms with Gasteiger partial charge in [0.05, 0.1) is 19.1 Å². The zero-order valence-electron chi connectivity index (χ0n) is 16.1. The molecule has 0 aliphatic carbocycles. The maximum absolute atomic E-state index is 5.50. The van der Waals surface area contributed by atoms with Gasteiger partial charge in [0.2, 0.25) is 0 Å². The lowest BCUT2D eigenvalue weighted by Gasteiger charge is -2.12. The number of para-hydroxylation sites is 1. The molecule has 0 saturated carbocycles. The number of benzene rings is 2. The summed E-state index contributed by atoms with van der Waals surface area (Å²) in [6.45, 7) is 3.15. The molecule has 0 aliphatic rings. The van der Waals surface area contributed by atoms with E-state index in [1.54, 1.807) is 7.11 Å². The average Bonchev–Trinajstić information content (AvgIpc) is 3.10. The van der Waals surface area contributed by atoms with Crippen molar-refractivity contribution in [2.24, 2.45) is 0 Å². The number of rotatable bonds is 9. The molecule has 27 heavy (non-hydrogen) atoms. The van der Waals surface area contributed by atoms with Crippen LogP contribution in [0.5, 0.6) is 5.75 Å². The minimum Gasteiger partial charge on any atom is -0.496 e. The van der Waals surface area contributed by atoms with Crippen LogP contribution in [-0.4, -0.2) is 16.7 Å². The first-order valence-corrected chi connectivity index (χ1v) is 10.4. The highest BCUT2D eigenvalue weighted by molar-refractivity contribution is 9.10. The Kier molecular flexibility index (Phi) is 7.11. The number of hydrogen-bond acceptors (Lipinski definition) is 2. The topological polar surface area (TPSA) is 27.1 Å². The van der Waals surface area contributed by atoms with Crippen LogP contribution in [0.1, 0.15) is 37.4 Å². The molecule has 3 nitrogen and oxygen atoms in total. The zero-order chi connectivity index (χ0) is 19.1. The predicted octanol–water partition coefficient (Wildman–Crippen LogP) is 6.30. The van der Waals surface area contributed by atoms with E-state index in [4.69, 9.17) is 9.72 Å². The van der Waals surface area contributed by atoms with Crippen molar-refractivity contribution in [3.63, 3.8) is 0 Å². The quantitative estimate of drug-likeness (QED) is 0.375. The number of hydrogen-bond donors (Lipinski definition) is 0. The molecule has 0 amide bonds. The summed E-state index contributed by atoms with van der Waals surface area (Å²) in [5.41, 5.74) is 4.86. The van der Waals surface area contributed by atoms with Gasteiger partial charge in [-0.05, 0) is 43.0 Å². The first-order valence-electron chi connectivity index (χ1n) is 9.64. The van der Waals surface area contributed by atoms with Crippen LogP contribution in [0.25, 0.3) is 11.3 Å². The Morgan fingerprint density at radius 3 is 2.52 bits per heavy atom. The highest BCUT2D eigenvalue weighted by atomic mass is 79.9. The predicted molar refractivity (Wildman–Crippen MR) is 115 cm³/mol. The smallest absolute Gasteiger partial charge is 0.122 e. The second kappa shape index (κ2) is 9.75. The van der Waals surface area contributed by atoms with E-state index in [0.29, 0.717) is 0 Å². The van der Waals surface area contributed by atoms with Crippen LogP contribution in [0, 0.1) is 0 Å². The Morgan fingerprint density at radius 2 is 1.78 bits per heavy atom. The monoisotopic (exact) mass is 426 g/mol. The lowest BCUT2D eigenvalue weighted by Crippen LogP contribution is -2.06. The van der Waals surface area contributed by atoms with Crippen molar-refractivity contribution < 1.29 is 4.74 Å². The molecule has 0 unspecified atom stereocenters. The molecular weight excluding hydrogens is 400 g/mol. The van der Waals surface area contributed by atoms with Gasteiger partial charge in [-0.3, -0.25) is 0 Å². The third kappa shape index (κ3) is 5.01. The molecule has 2 aromatic carbocycles. The second-order valence-corrected chi connectivity index (χ2v) is 7.67. The number of imidazole rings is 1. The summed E-state index contributed by atoms with van der Waals surface area (Å²) in [5.74, 6) is 0.957. The van der Waals surface area contributed by atoms with Gasteiger partial charge in [0, 0.05) is 22.3 Å². The Balaban J connectivity index is 1.84. The minimum atomic E-state index is 0.908. The van der Waals surface area contributed by atoms with Crippen molar-refractivity contribution in [1.82, 2.24) is 9.55 Å². The molecule has 0 aliphatic heterocycles. The molecule has 3 aromatic rings. The summed E-state index contributed by atoms with van der Waals surface area (Å²) in [6, 6.07) is 16.7. The SMILES string of the molecule is CCCCCc1c(-c2ccc(Br)cc2)ncn1CCc1ccccc1OC. The average molecular weight is 427 g/mol. The van der Waals surface area contributed by atoms with Crippen molar-refractivity contribution in [3.8, 4) is 17.0 Å². The van der Waals surface area contributed by atoms with Crippen LogP contribution in [0.2, 0.25) is 0 Å². The largest absolute Gasteiger partial charge is 0.496 e. The second-order valence-electron chi connectivity index (χ2n) is 6.76. The number of ether oxygens (including phenoxy) is 1. The van der Waals surface area contributed by atoms with Crippen LogP contribution in [0.4, 0.5) is 0 Å². The molecule has 0 spiro atoms. The molecule has 0 bridgehead atoms. The highest BCUT2D eigenvalue weighted by Gasteiger charge is 2.13. The Bertz CT molecular complexity index is 855. The number of aryl methyl sites for hydroxylation is 2. The number of unbranched alkanes of at least 4 members (excludes halogenated alkanes) is 2. The normalized spacial score (nSPS) is 10.9. The van der Waals surface area contributed by atoms with Gasteiger partial charge in [0.1, 0.15) is 5.75 Å². The molecule has 3 rings (SSSR count). The van der Waals surface area contributed by atoms with E-state index in [2.05, 4.69) is 63.8 Å². The summed E-state index contributed by atoms with van der Waals surface area (Å²) in [4.78, 5) is 4.77. The molecule has 0 fully saturated rings. The molecule has 1 aromatic heterocycles. The first-order chi connectivity index (χ1) is 13.2. The Morgan fingerprint density at radius 1 is 1.00 bits per heavy atom. The van der Waals surface area contributed by atoms with Gasteiger partial charge >= 0.3 is 0 Å². The third-order valence-electron chi connectivity index (χ3n) is 4.90. The van der Waals surface area contributed by atoms with E-state index in [1.165, 1.54) is 36.1 Å². The van der Waals surface area contributed by atoms with E-state index in [9.17, 15) is 0 Å². The number of methoxy groups -OCH3 is 1. The van der Waals surface area contributed by atoms with Crippen LogP contribution in [0.3, 0.4) is 0 Å². The van der Waals surface area contributed by atoms with Crippen LogP contribution < -0.4 is 4.74 Å². The molecule has 1 heterocycles. The summed E-state index contributed by atoms with van der Waals surface area (Å²) in [7, 11) is 1.73. The Hall–Kier alpha value is -2.07. The molecule has 0 radical (unpaired) electrons. The lowest BCUT2D eigenvalue weighted by molar-refractivity contribution is 0.408. The van der Waals surface area contributed by atoms with Crippen molar-refractivity contribution in [1.29, 1.82) is 0 Å². The zero-order valence-corrected chi connectivity index (χ0v) is 17.7. The summed E-state index contributed by atoms with van der Waals surface area (Å²) in [5, 5.41) is 0. The summed E-state index contributed by atoms with van der Waals surface area (Å²) < 4.78 is 8.91. The van der Waals surface area contributed by atoms with Gasteiger partial charge in [0.15, 0.2) is 0 Å². The van der Waals surface area contributed by atoms with Crippen molar-refractivity contribution in [2.45, 2.75) is 45.6 Å². The summed E-state index contributed by atoms with van der Waals surface area (Å²) >= 11 is 3.52. The van der Waals surface area contributed by atoms with Crippen molar-refractivity contribution >= 4 is 15.9 Å². The van der Waals surface area contributed by atoms with Gasteiger partial charge in [-0.25, -0.2) is 4.98 Å².